The molecule has 0 aromatic heterocycles. The van der Waals surface area contributed by atoms with Crippen LogP contribution in [0.2, 0.25) is 10.0 Å². The number of rotatable bonds is 8. The van der Waals surface area contributed by atoms with E-state index in [1.807, 2.05) is 0 Å². The molecule has 11 heteroatoms. The maximum atomic E-state index is 12.6. The lowest BCUT2D eigenvalue weighted by Crippen LogP contribution is -2.43. The molecule has 174 valence electrons. The summed E-state index contributed by atoms with van der Waals surface area (Å²) >= 11 is 11.8. The van der Waals surface area contributed by atoms with Gasteiger partial charge in [-0.3, -0.25) is 29.6 Å². The van der Waals surface area contributed by atoms with E-state index in [2.05, 4.69) is 5.43 Å². The van der Waals surface area contributed by atoms with Crippen molar-refractivity contribution in [1.29, 1.82) is 0 Å². The zero-order chi connectivity index (χ0) is 24.1. The number of ketones is 1. The van der Waals surface area contributed by atoms with Crippen LogP contribution in [0.4, 0.5) is 0 Å². The molecule has 2 aromatic carbocycles. The summed E-state index contributed by atoms with van der Waals surface area (Å²) in [7, 11) is 2.89. The molecule has 0 radical (unpaired) electrons. The molecule has 1 aliphatic heterocycles. The van der Waals surface area contributed by atoms with Crippen molar-refractivity contribution in [2.45, 2.75) is 6.42 Å². The molecule has 1 aliphatic rings. The molecule has 2 amide bonds. The molecular formula is C22H20Cl2N2O7. The number of hydrazine groups is 1. The SMILES string of the molecule is COc1cc(OC)cc(C(=O)NN2C[C@H](C(=O)OCC(=O)c3ccc(Cl)cc3Cl)CC2=O)c1. The van der Waals surface area contributed by atoms with Gasteiger partial charge in [-0.15, -0.1) is 0 Å². The van der Waals surface area contributed by atoms with Crippen molar-refractivity contribution in [2.75, 3.05) is 27.4 Å². The molecule has 0 spiro atoms. The molecule has 0 saturated carbocycles. The van der Waals surface area contributed by atoms with E-state index in [0.29, 0.717) is 16.5 Å². The van der Waals surface area contributed by atoms with Gasteiger partial charge in [-0.1, -0.05) is 23.2 Å². The fraction of sp³-hybridized carbons (Fsp3) is 0.273. The van der Waals surface area contributed by atoms with Crippen LogP contribution < -0.4 is 14.9 Å². The molecule has 1 N–H and O–H groups in total. The third-order valence-electron chi connectivity index (χ3n) is 4.89. The van der Waals surface area contributed by atoms with Gasteiger partial charge < -0.3 is 14.2 Å². The van der Waals surface area contributed by atoms with Gasteiger partial charge in [-0.2, -0.15) is 0 Å². The summed E-state index contributed by atoms with van der Waals surface area (Å²) in [6.07, 6.45) is -0.170. The average Bonchev–Trinajstić information content (AvgIpc) is 3.16. The van der Waals surface area contributed by atoms with Crippen molar-refractivity contribution >= 4 is 46.8 Å². The predicted molar refractivity (Wildman–Crippen MR) is 119 cm³/mol. The Hall–Kier alpha value is -3.30. The van der Waals surface area contributed by atoms with E-state index in [0.717, 1.165) is 5.01 Å². The normalized spacial score (nSPS) is 15.2. The number of carbonyl (C=O) groups excluding carboxylic acids is 4. The molecule has 1 fully saturated rings. The highest BCUT2D eigenvalue weighted by Gasteiger charge is 2.37. The Morgan fingerprint density at radius 1 is 1.06 bits per heavy atom. The Morgan fingerprint density at radius 2 is 1.73 bits per heavy atom. The predicted octanol–water partition coefficient (Wildman–Crippen LogP) is 2.93. The molecule has 3 rings (SSSR count). The second kappa shape index (κ2) is 10.5. The van der Waals surface area contributed by atoms with Gasteiger partial charge in [0.25, 0.3) is 5.91 Å². The van der Waals surface area contributed by atoms with Crippen LogP contribution in [-0.4, -0.2) is 55.9 Å². The summed E-state index contributed by atoms with van der Waals surface area (Å²) in [5, 5.41) is 1.55. The van der Waals surface area contributed by atoms with Gasteiger partial charge in [-0.05, 0) is 30.3 Å². The summed E-state index contributed by atoms with van der Waals surface area (Å²) in [5.41, 5.74) is 2.83. The van der Waals surface area contributed by atoms with E-state index in [-0.39, 0.29) is 29.1 Å². The van der Waals surface area contributed by atoms with E-state index in [9.17, 15) is 19.2 Å². The van der Waals surface area contributed by atoms with Crippen molar-refractivity contribution in [1.82, 2.24) is 10.4 Å². The van der Waals surface area contributed by atoms with Gasteiger partial charge in [0.05, 0.1) is 31.7 Å². The van der Waals surface area contributed by atoms with Gasteiger partial charge in [0.2, 0.25) is 11.7 Å². The zero-order valence-electron chi connectivity index (χ0n) is 17.7. The number of hydrogen-bond donors (Lipinski definition) is 1. The number of nitrogens with zero attached hydrogens (tertiary/aromatic N) is 1. The van der Waals surface area contributed by atoms with Gasteiger partial charge >= 0.3 is 5.97 Å². The minimum absolute atomic E-state index is 0.0968. The molecule has 2 aromatic rings. The quantitative estimate of drug-likeness (QED) is 0.443. The molecule has 1 saturated heterocycles. The van der Waals surface area contributed by atoms with Crippen LogP contribution in [0, 0.1) is 5.92 Å². The Bertz CT molecular complexity index is 1080. The zero-order valence-corrected chi connectivity index (χ0v) is 19.2. The van der Waals surface area contributed by atoms with Crippen LogP contribution in [-0.2, 0) is 14.3 Å². The number of amides is 2. The smallest absolute Gasteiger partial charge is 0.311 e. The number of halogens is 2. The van der Waals surface area contributed by atoms with Crippen molar-refractivity contribution in [3.63, 3.8) is 0 Å². The third-order valence-corrected chi connectivity index (χ3v) is 5.43. The molecular weight excluding hydrogens is 475 g/mol. The summed E-state index contributed by atoms with van der Waals surface area (Å²) < 4.78 is 15.3. The van der Waals surface area contributed by atoms with Crippen molar-refractivity contribution < 1.29 is 33.4 Å². The van der Waals surface area contributed by atoms with Crippen molar-refractivity contribution in [3.05, 3.63) is 57.6 Å². The van der Waals surface area contributed by atoms with Crippen molar-refractivity contribution in [3.8, 4) is 11.5 Å². The minimum atomic E-state index is -0.842. The third kappa shape index (κ3) is 5.94. The first-order valence-corrected chi connectivity index (χ1v) is 10.5. The number of Topliss-reactive ketones (excluding diaryl/α,β-unsaturated/α-hetero) is 1. The van der Waals surface area contributed by atoms with E-state index in [4.69, 9.17) is 37.4 Å². The van der Waals surface area contributed by atoms with Gasteiger partial charge in [0.15, 0.2) is 6.61 Å². The first kappa shape index (κ1) is 24.3. The van der Waals surface area contributed by atoms with Crippen molar-refractivity contribution in [2.24, 2.45) is 5.92 Å². The Kier molecular flexibility index (Phi) is 7.78. The number of nitrogens with one attached hydrogen (secondary N) is 1. The van der Waals surface area contributed by atoms with Crippen LogP contribution >= 0.6 is 23.2 Å². The summed E-state index contributed by atoms with van der Waals surface area (Å²) in [6.45, 7) is -0.638. The highest BCUT2D eigenvalue weighted by atomic mass is 35.5. The van der Waals surface area contributed by atoms with Crippen LogP contribution in [0.5, 0.6) is 11.5 Å². The molecule has 33 heavy (non-hydrogen) atoms. The Balaban J connectivity index is 1.57. The summed E-state index contributed by atoms with van der Waals surface area (Å²) in [5.74, 6) is -2.33. The highest BCUT2D eigenvalue weighted by Crippen LogP contribution is 2.24. The number of esters is 1. The number of carbonyl (C=O) groups is 4. The first-order chi connectivity index (χ1) is 15.7. The lowest BCUT2D eigenvalue weighted by Gasteiger charge is -2.18. The summed E-state index contributed by atoms with van der Waals surface area (Å²) in [6, 6.07) is 8.91. The van der Waals surface area contributed by atoms with Gasteiger partial charge in [-0.25, -0.2) is 0 Å². The van der Waals surface area contributed by atoms with E-state index < -0.39 is 36.1 Å². The number of benzene rings is 2. The molecule has 9 nitrogen and oxygen atoms in total. The average molecular weight is 495 g/mol. The molecule has 0 aliphatic carbocycles. The Labute approximate surface area is 199 Å². The maximum Gasteiger partial charge on any atom is 0.311 e. The lowest BCUT2D eigenvalue weighted by molar-refractivity contribution is -0.147. The second-order valence-electron chi connectivity index (χ2n) is 7.10. The topological polar surface area (TPSA) is 111 Å². The standard InChI is InChI=1S/C22H20Cl2N2O7/c1-31-15-5-12(6-16(9-15)32-2)21(29)25-26-10-13(7-20(26)28)22(30)33-11-19(27)17-4-3-14(23)8-18(17)24/h3-6,8-9,13H,7,10-11H2,1-2H3,(H,25,29)/t13-/m1/s1. The largest absolute Gasteiger partial charge is 0.497 e. The van der Waals surface area contributed by atoms with E-state index in [1.165, 1.54) is 44.6 Å². The molecule has 0 bridgehead atoms. The van der Waals surface area contributed by atoms with Crippen LogP contribution in [0.25, 0.3) is 0 Å². The number of hydrogen-bond acceptors (Lipinski definition) is 7. The lowest BCUT2D eigenvalue weighted by atomic mass is 10.1. The second-order valence-corrected chi connectivity index (χ2v) is 7.95. The maximum absolute atomic E-state index is 12.6. The highest BCUT2D eigenvalue weighted by molar-refractivity contribution is 6.36. The monoisotopic (exact) mass is 494 g/mol. The van der Waals surface area contributed by atoms with Crippen LogP contribution in [0.3, 0.4) is 0 Å². The molecule has 1 heterocycles. The van der Waals surface area contributed by atoms with Crippen LogP contribution in [0.1, 0.15) is 27.1 Å². The van der Waals surface area contributed by atoms with Gasteiger partial charge in [0, 0.05) is 28.6 Å². The summed E-state index contributed by atoms with van der Waals surface area (Å²) in [4.78, 5) is 49.5. The van der Waals surface area contributed by atoms with E-state index >= 15 is 0 Å². The fourth-order valence-corrected chi connectivity index (χ4v) is 3.66. The van der Waals surface area contributed by atoms with Gasteiger partial charge in [0.1, 0.15) is 11.5 Å². The first-order valence-electron chi connectivity index (χ1n) is 9.71. The molecule has 0 unspecified atom stereocenters. The Morgan fingerprint density at radius 3 is 2.33 bits per heavy atom. The molecule has 1 atom stereocenters. The fourth-order valence-electron chi connectivity index (χ4n) is 3.15. The minimum Gasteiger partial charge on any atom is -0.497 e. The number of methoxy groups -OCH3 is 2. The van der Waals surface area contributed by atoms with E-state index in [1.54, 1.807) is 6.07 Å². The van der Waals surface area contributed by atoms with Crippen LogP contribution in [0.15, 0.2) is 36.4 Å². The number of ether oxygens (including phenoxy) is 3.